The summed E-state index contributed by atoms with van der Waals surface area (Å²) in [4.78, 5) is 0.339. The van der Waals surface area contributed by atoms with Crippen LogP contribution in [0.4, 0.5) is 0 Å². The lowest BCUT2D eigenvalue weighted by Crippen LogP contribution is -2.09. The van der Waals surface area contributed by atoms with E-state index in [2.05, 4.69) is 15.9 Å². The molecule has 0 radical (unpaired) electrons. The van der Waals surface area contributed by atoms with E-state index in [1.54, 1.807) is 30.3 Å². The molecule has 0 aliphatic carbocycles. The predicted molar refractivity (Wildman–Crippen MR) is 81.6 cm³/mol. The third kappa shape index (κ3) is 3.02. The molecule has 2 aromatic rings. The Bertz CT molecular complexity index is 603. The van der Waals surface area contributed by atoms with E-state index >= 15 is 0 Å². The van der Waals surface area contributed by atoms with E-state index in [1.165, 1.54) is 0 Å². The molecule has 0 heterocycles. The summed E-state index contributed by atoms with van der Waals surface area (Å²) >= 11 is 14.3. The van der Waals surface area contributed by atoms with Gasteiger partial charge in [-0.05, 0) is 46.3 Å². The first-order valence-electron chi connectivity index (χ1n) is 5.09. The number of ether oxygens (including phenoxy) is 1. The predicted octanol–water partition coefficient (Wildman–Crippen LogP) is 4.53. The van der Waals surface area contributed by atoms with Crippen molar-refractivity contribution in [2.45, 2.75) is 0 Å². The summed E-state index contributed by atoms with van der Waals surface area (Å²) < 4.78 is 6.47. The minimum atomic E-state index is 0.339. The second kappa shape index (κ2) is 5.69. The van der Waals surface area contributed by atoms with Crippen molar-refractivity contribution >= 4 is 44.7 Å². The minimum absolute atomic E-state index is 0.339. The molecule has 0 unspecified atom stereocenters. The largest absolute Gasteiger partial charge is 0.456 e. The van der Waals surface area contributed by atoms with Gasteiger partial charge in [-0.25, -0.2) is 0 Å². The molecule has 0 spiro atoms. The molecule has 0 atom stereocenters. The molecule has 2 nitrogen and oxygen atoms in total. The van der Waals surface area contributed by atoms with E-state index < -0.39 is 0 Å². The summed E-state index contributed by atoms with van der Waals surface area (Å²) in [6.45, 7) is 0. The van der Waals surface area contributed by atoms with Crippen molar-refractivity contribution in [3.63, 3.8) is 0 Å². The average Bonchev–Trinajstić information content (AvgIpc) is 2.32. The number of thiocarbonyl (C=S) groups is 1. The summed E-state index contributed by atoms with van der Waals surface area (Å²) in [5, 5.41) is 0.562. The van der Waals surface area contributed by atoms with Crippen LogP contribution in [-0.4, -0.2) is 4.99 Å². The van der Waals surface area contributed by atoms with Gasteiger partial charge in [0.15, 0.2) is 0 Å². The van der Waals surface area contributed by atoms with Gasteiger partial charge in [-0.1, -0.05) is 36.0 Å². The maximum atomic E-state index is 6.02. The third-order valence-corrected chi connectivity index (χ3v) is 3.46. The maximum Gasteiger partial charge on any atom is 0.146 e. The molecule has 0 aliphatic heterocycles. The van der Waals surface area contributed by atoms with Crippen LogP contribution in [0.3, 0.4) is 0 Å². The van der Waals surface area contributed by atoms with Gasteiger partial charge < -0.3 is 10.5 Å². The minimum Gasteiger partial charge on any atom is -0.456 e. The Hall–Kier alpha value is -1.10. The van der Waals surface area contributed by atoms with E-state index in [-0.39, 0.29) is 0 Å². The van der Waals surface area contributed by atoms with Crippen molar-refractivity contribution in [3.05, 3.63) is 57.5 Å². The van der Waals surface area contributed by atoms with E-state index in [9.17, 15) is 0 Å². The number of nitrogens with two attached hydrogens (primary N) is 1. The van der Waals surface area contributed by atoms with Crippen LogP contribution in [0.2, 0.25) is 5.02 Å². The lowest BCUT2D eigenvalue weighted by Gasteiger charge is -2.09. The third-order valence-electron chi connectivity index (χ3n) is 2.27. The summed E-state index contributed by atoms with van der Waals surface area (Å²) in [6, 6.07) is 12.7. The fourth-order valence-corrected chi connectivity index (χ4v) is 2.47. The van der Waals surface area contributed by atoms with Gasteiger partial charge in [-0.2, -0.15) is 0 Å². The zero-order chi connectivity index (χ0) is 13.1. The Morgan fingerprint density at radius 2 is 1.94 bits per heavy atom. The molecule has 0 amide bonds. The Morgan fingerprint density at radius 1 is 1.22 bits per heavy atom. The highest BCUT2D eigenvalue weighted by atomic mass is 79.9. The highest BCUT2D eigenvalue weighted by molar-refractivity contribution is 9.10. The van der Waals surface area contributed by atoms with Crippen LogP contribution >= 0.6 is 39.7 Å². The van der Waals surface area contributed by atoms with E-state index in [4.69, 9.17) is 34.3 Å². The van der Waals surface area contributed by atoms with Crippen molar-refractivity contribution in [1.29, 1.82) is 0 Å². The van der Waals surface area contributed by atoms with E-state index in [0.29, 0.717) is 21.5 Å². The molecule has 0 saturated carbocycles. The molecule has 2 aromatic carbocycles. The van der Waals surface area contributed by atoms with Gasteiger partial charge in [0.2, 0.25) is 0 Å². The molecular formula is C13H9BrClNOS. The first-order valence-corrected chi connectivity index (χ1v) is 6.67. The van der Waals surface area contributed by atoms with Crippen molar-refractivity contribution in [2.24, 2.45) is 5.73 Å². The molecule has 0 bridgehead atoms. The number of hydrogen-bond acceptors (Lipinski definition) is 2. The lowest BCUT2D eigenvalue weighted by molar-refractivity contribution is 0.482. The Balaban J connectivity index is 2.29. The van der Waals surface area contributed by atoms with Gasteiger partial charge >= 0.3 is 0 Å². The van der Waals surface area contributed by atoms with Crippen molar-refractivity contribution in [3.8, 4) is 11.5 Å². The van der Waals surface area contributed by atoms with Gasteiger partial charge in [0, 0.05) is 10.0 Å². The lowest BCUT2D eigenvalue weighted by atomic mass is 10.2. The molecule has 18 heavy (non-hydrogen) atoms. The normalized spacial score (nSPS) is 10.1. The maximum absolute atomic E-state index is 6.02. The van der Waals surface area contributed by atoms with Crippen LogP contribution in [0.5, 0.6) is 11.5 Å². The van der Waals surface area contributed by atoms with Crippen LogP contribution < -0.4 is 10.5 Å². The average molecular weight is 343 g/mol. The van der Waals surface area contributed by atoms with Gasteiger partial charge in [0.05, 0.1) is 5.02 Å². The Kier molecular flexibility index (Phi) is 4.22. The Morgan fingerprint density at radius 3 is 2.56 bits per heavy atom. The van der Waals surface area contributed by atoms with Crippen molar-refractivity contribution < 1.29 is 4.74 Å². The van der Waals surface area contributed by atoms with Gasteiger partial charge in [0.1, 0.15) is 16.5 Å². The topological polar surface area (TPSA) is 35.2 Å². The molecule has 2 rings (SSSR count). The first kappa shape index (κ1) is 13.3. The van der Waals surface area contributed by atoms with Crippen LogP contribution in [0.15, 0.2) is 46.9 Å². The zero-order valence-electron chi connectivity index (χ0n) is 9.19. The molecule has 0 aliphatic rings. The SMILES string of the molecule is NC(=S)c1ccc(Oc2ccccc2Cl)cc1Br. The number of halogens is 2. The molecule has 5 heteroatoms. The monoisotopic (exact) mass is 341 g/mol. The highest BCUT2D eigenvalue weighted by Gasteiger charge is 2.06. The van der Waals surface area contributed by atoms with Crippen LogP contribution in [0.1, 0.15) is 5.56 Å². The van der Waals surface area contributed by atoms with Crippen molar-refractivity contribution in [1.82, 2.24) is 0 Å². The van der Waals surface area contributed by atoms with Crippen LogP contribution in [0.25, 0.3) is 0 Å². The molecule has 92 valence electrons. The van der Waals surface area contributed by atoms with Gasteiger partial charge in [-0.15, -0.1) is 0 Å². The quantitative estimate of drug-likeness (QED) is 0.832. The van der Waals surface area contributed by atoms with Gasteiger partial charge in [0.25, 0.3) is 0 Å². The summed E-state index contributed by atoms with van der Waals surface area (Å²) in [7, 11) is 0. The summed E-state index contributed by atoms with van der Waals surface area (Å²) in [5.41, 5.74) is 6.36. The number of hydrogen-bond donors (Lipinski definition) is 1. The zero-order valence-corrected chi connectivity index (χ0v) is 12.3. The van der Waals surface area contributed by atoms with Gasteiger partial charge in [-0.3, -0.25) is 0 Å². The number of benzene rings is 2. The first-order chi connectivity index (χ1) is 8.58. The number of para-hydroxylation sites is 1. The number of rotatable bonds is 3. The second-order valence-electron chi connectivity index (χ2n) is 3.54. The van der Waals surface area contributed by atoms with E-state index in [1.807, 2.05) is 12.1 Å². The fourth-order valence-electron chi connectivity index (χ4n) is 1.41. The molecule has 2 N–H and O–H groups in total. The van der Waals surface area contributed by atoms with Crippen molar-refractivity contribution in [2.75, 3.05) is 0 Å². The smallest absolute Gasteiger partial charge is 0.146 e. The van der Waals surface area contributed by atoms with E-state index in [0.717, 1.165) is 10.0 Å². The molecule has 0 aromatic heterocycles. The molecular weight excluding hydrogens is 334 g/mol. The highest BCUT2D eigenvalue weighted by Crippen LogP contribution is 2.31. The molecule has 0 fully saturated rings. The summed E-state index contributed by atoms with van der Waals surface area (Å²) in [6.07, 6.45) is 0. The fraction of sp³-hybridized carbons (Fsp3) is 0. The summed E-state index contributed by atoms with van der Waals surface area (Å²) in [5.74, 6) is 1.27. The standard InChI is InChI=1S/C13H9BrClNOS/c14-10-7-8(5-6-9(10)13(16)18)17-12-4-2-1-3-11(12)15/h1-7H,(H2,16,18). The van der Waals surface area contributed by atoms with Crippen LogP contribution in [0, 0.1) is 0 Å². The second-order valence-corrected chi connectivity index (χ2v) is 5.24. The molecule has 0 saturated heterocycles. The Labute approximate surface area is 124 Å². The van der Waals surface area contributed by atoms with Crippen LogP contribution in [-0.2, 0) is 0 Å².